The van der Waals surface area contributed by atoms with Crippen molar-refractivity contribution in [3.8, 4) is 5.69 Å². The third kappa shape index (κ3) is 1.94. The lowest BCUT2D eigenvalue weighted by Crippen LogP contribution is -2.38. The number of hydrogen-bond donors (Lipinski definition) is 0. The Kier molecular flexibility index (Phi) is 3.03. The van der Waals surface area contributed by atoms with Crippen LogP contribution in [0.15, 0.2) is 88.5 Å². The third-order valence-electron chi connectivity index (χ3n) is 4.60. The fraction of sp³-hybridized carbons (Fsp3) is 0. The molecule has 0 N–H and O–H groups in total. The highest BCUT2D eigenvalue weighted by Crippen LogP contribution is 2.26. The highest BCUT2D eigenvalue weighted by atomic mass is 16.2. The average Bonchev–Trinajstić information content (AvgIpc) is 2.69. The van der Waals surface area contributed by atoms with Crippen molar-refractivity contribution >= 4 is 27.3 Å². The molecule has 0 aliphatic heterocycles. The molecule has 0 unspecified atom stereocenters. The van der Waals surface area contributed by atoms with Crippen LogP contribution in [0.5, 0.6) is 0 Å². The largest absolute Gasteiger partial charge is 0.358 e. The third-order valence-corrected chi connectivity index (χ3v) is 4.60. The predicted octanol–water partition coefficient (Wildman–Crippen LogP) is 3.15. The summed E-state index contributed by atoms with van der Waals surface area (Å²) in [6, 6.07) is 24.2. The smallest absolute Gasteiger partial charge is 0.247 e. The minimum atomic E-state index is -0.582. The Hall–Kier alpha value is -3.73. The zero-order chi connectivity index (χ0) is 17.7. The Labute approximate surface area is 147 Å². The van der Waals surface area contributed by atoms with E-state index in [-0.39, 0.29) is 0 Å². The summed E-state index contributed by atoms with van der Waals surface area (Å²) in [7, 11) is 0. The van der Waals surface area contributed by atoms with E-state index in [1.807, 2.05) is 54.6 Å². The van der Waals surface area contributed by atoms with Gasteiger partial charge in [-0.3, -0.25) is 0 Å². The minimum absolute atomic E-state index is 0.376. The van der Waals surface area contributed by atoms with Gasteiger partial charge in [0, 0.05) is 10.8 Å². The van der Waals surface area contributed by atoms with Crippen LogP contribution >= 0.6 is 0 Å². The van der Waals surface area contributed by atoms with Crippen molar-refractivity contribution in [2.75, 3.05) is 0 Å². The maximum absolute atomic E-state index is 13.3. The van der Waals surface area contributed by atoms with Crippen LogP contribution in [0.2, 0.25) is 0 Å². The molecule has 0 fully saturated rings. The molecule has 3 aromatic carbocycles. The first-order valence-electron chi connectivity index (χ1n) is 8.26. The lowest BCUT2D eigenvalue weighted by atomic mass is 10.1. The molecule has 0 radical (unpaired) electrons. The van der Waals surface area contributed by atoms with Gasteiger partial charge in [0.05, 0.1) is 11.2 Å². The van der Waals surface area contributed by atoms with Crippen LogP contribution in [0.3, 0.4) is 0 Å². The summed E-state index contributed by atoms with van der Waals surface area (Å²) in [6.45, 7) is 0. The molecule has 0 aliphatic carbocycles. The monoisotopic (exact) mass is 339 g/mol. The number of fused-ring (bicyclic) bond motifs is 6. The summed E-state index contributed by atoms with van der Waals surface area (Å²) < 4.78 is 2.63. The fourth-order valence-electron chi connectivity index (χ4n) is 3.47. The Morgan fingerprint density at radius 3 is 2.04 bits per heavy atom. The van der Waals surface area contributed by atoms with Crippen molar-refractivity contribution in [3.05, 3.63) is 99.8 Å². The number of para-hydroxylation sites is 2. The van der Waals surface area contributed by atoms with Crippen molar-refractivity contribution in [2.45, 2.75) is 0 Å². The first-order valence-corrected chi connectivity index (χ1v) is 8.26. The minimum Gasteiger partial charge on any atom is -0.247 e. The van der Waals surface area contributed by atoms with E-state index in [9.17, 15) is 9.59 Å². The molecule has 0 saturated carbocycles. The molecule has 0 spiro atoms. The van der Waals surface area contributed by atoms with Crippen molar-refractivity contribution in [1.82, 2.24) is 14.0 Å². The lowest BCUT2D eigenvalue weighted by Gasteiger charge is -2.12. The van der Waals surface area contributed by atoms with Crippen molar-refractivity contribution < 1.29 is 0 Å². The van der Waals surface area contributed by atoms with Gasteiger partial charge < -0.3 is 0 Å². The quantitative estimate of drug-likeness (QED) is 0.441. The zero-order valence-corrected chi connectivity index (χ0v) is 13.7. The van der Waals surface area contributed by atoms with E-state index in [1.165, 1.54) is 4.40 Å². The molecule has 0 atom stereocenters. The summed E-state index contributed by atoms with van der Waals surface area (Å²) in [5.41, 5.74) is 0.598. The second-order valence-corrected chi connectivity index (χ2v) is 6.07. The van der Waals surface area contributed by atoms with E-state index >= 15 is 0 Å². The van der Waals surface area contributed by atoms with Crippen LogP contribution in [0.25, 0.3) is 33.0 Å². The first kappa shape index (κ1) is 14.6. The van der Waals surface area contributed by atoms with Crippen molar-refractivity contribution in [2.24, 2.45) is 0 Å². The van der Waals surface area contributed by atoms with E-state index in [2.05, 4.69) is 4.98 Å². The van der Waals surface area contributed by atoms with E-state index < -0.39 is 11.4 Å². The van der Waals surface area contributed by atoms with Gasteiger partial charge >= 0.3 is 11.4 Å². The molecule has 5 heteroatoms. The van der Waals surface area contributed by atoms with Crippen LogP contribution in [-0.2, 0) is 0 Å². The SMILES string of the molecule is O=c1nc2c3ccccc3c3ccccc3n2c(=O)n1-c1ccccc1. The fourth-order valence-corrected chi connectivity index (χ4v) is 3.47. The summed E-state index contributed by atoms with van der Waals surface area (Å²) in [6.07, 6.45) is 0. The molecule has 0 amide bonds. The standard InChI is InChI=1S/C21H13N3O2/c25-20-22-19-17-12-5-4-10-15(17)16-11-6-7-13-18(16)24(19)21(26)23(20)14-8-2-1-3-9-14/h1-13H. The average molecular weight is 339 g/mol. The molecule has 2 heterocycles. The van der Waals surface area contributed by atoms with E-state index in [0.29, 0.717) is 11.3 Å². The van der Waals surface area contributed by atoms with Gasteiger partial charge in [-0.1, -0.05) is 60.7 Å². The molecule has 124 valence electrons. The van der Waals surface area contributed by atoms with Crippen LogP contribution in [0.4, 0.5) is 0 Å². The highest BCUT2D eigenvalue weighted by Gasteiger charge is 2.15. The molecule has 2 aromatic heterocycles. The molecular weight excluding hydrogens is 326 g/mol. The zero-order valence-electron chi connectivity index (χ0n) is 13.7. The molecule has 5 rings (SSSR count). The Morgan fingerprint density at radius 1 is 0.654 bits per heavy atom. The lowest BCUT2D eigenvalue weighted by molar-refractivity contribution is 0.809. The summed E-state index contributed by atoms with van der Waals surface area (Å²) in [5.74, 6) is 0. The van der Waals surface area contributed by atoms with E-state index in [0.717, 1.165) is 26.2 Å². The second kappa shape index (κ2) is 5.39. The Balaban J connectivity index is 2.10. The number of nitrogens with zero attached hydrogens (tertiary/aromatic N) is 3. The van der Waals surface area contributed by atoms with Crippen molar-refractivity contribution in [1.29, 1.82) is 0 Å². The number of pyridine rings is 1. The number of rotatable bonds is 1. The highest BCUT2D eigenvalue weighted by molar-refractivity contribution is 6.11. The molecule has 0 bridgehead atoms. The molecule has 5 nitrogen and oxygen atoms in total. The molecular formula is C21H13N3O2. The molecule has 5 aromatic rings. The molecule has 26 heavy (non-hydrogen) atoms. The van der Waals surface area contributed by atoms with Gasteiger partial charge in [-0.05, 0) is 23.6 Å². The van der Waals surface area contributed by atoms with Crippen LogP contribution < -0.4 is 11.4 Å². The summed E-state index contributed by atoms with van der Waals surface area (Å²) >= 11 is 0. The Bertz CT molecular complexity index is 1420. The second-order valence-electron chi connectivity index (χ2n) is 6.07. The van der Waals surface area contributed by atoms with Crippen LogP contribution in [-0.4, -0.2) is 14.0 Å². The first-order chi connectivity index (χ1) is 12.8. The number of hydrogen-bond acceptors (Lipinski definition) is 3. The maximum atomic E-state index is 13.3. The normalized spacial score (nSPS) is 11.4. The van der Waals surface area contributed by atoms with Crippen LogP contribution in [0, 0.1) is 0 Å². The topological polar surface area (TPSA) is 56.4 Å². The number of benzene rings is 3. The molecule has 0 aliphatic rings. The van der Waals surface area contributed by atoms with Gasteiger partial charge in [0.2, 0.25) is 0 Å². The van der Waals surface area contributed by atoms with E-state index in [1.54, 1.807) is 24.3 Å². The number of aromatic nitrogens is 3. The van der Waals surface area contributed by atoms with Crippen LogP contribution in [0.1, 0.15) is 0 Å². The van der Waals surface area contributed by atoms with Gasteiger partial charge in [-0.25, -0.2) is 18.6 Å². The van der Waals surface area contributed by atoms with Gasteiger partial charge in [0.1, 0.15) is 0 Å². The molecule has 0 saturated heterocycles. The van der Waals surface area contributed by atoms with Gasteiger partial charge in [0.25, 0.3) is 0 Å². The van der Waals surface area contributed by atoms with Gasteiger partial charge in [-0.2, -0.15) is 4.98 Å². The van der Waals surface area contributed by atoms with Gasteiger partial charge in [0.15, 0.2) is 5.65 Å². The summed E-state index contributed by atoms with van der Waals surface area (Å²) in [5, 5.41) is 2.69. The predicted molar refractivity (Wildman–Crippen MR) is 102 cm³/mol. The van der Waals surface area contributed by atoms with Crippen molar-refractivity contribution in [3.63, 3.8) is 0 Å². The van der Waals surface area contributed by atoms with Gasteiger partial charge in [-0.15, -0.1) is 0 Å². The van der Waals surface area contributed by atoms with E-state index in [4.69, 9.17) is 0 Å². The summed E-state index contributed by atoms with van der Waals surface area (Å²) in [4.78, 5) is 30.2. The Morgan fingerprint density at radius 2 is 1.27 bits per heavy atom. The maximum Gasteiger partial charge on any atom is 0.358 e.